The lowest BCUT2D eigenvalue weighted by Crippen LogP contribution is -2.35. The lowest BCUT2D eigenvalue weighted by Gasteiger charge is -2.26. The van der Waals surface area contributed by atoms with Gasteiger partial charge in [0.2, 0.25) is 0 Å². The number of hydrogen-bond acceptors (Lipinski definition) is 4. The third kappa shape index (κ3) is 6.10. The van der Waals surface area contributed by atoms with Gasteiger partial charge in [0.15, 0.2) is 0 Å². The van der Waals surface area contributed by atoms with Crippen LogP contribution in [-0.2, 0) is 4.74 Å². The van der Waals surface area contributed by atoms with Gasteiger partial charge < -0.3 is 20.1 Å². The molecular weight excluding hydrogens is 196 g/mol. The van der Waals surface area contributed by atoms with E-state index in [4.69, 9.17) is 20.1 Å². The second kappa shape index (κ2) is 9.09. The van der Waals surface area contributed by atoms with E-state index in [1.807, 2.05) is 0 Å². The molecule has 0 aliphatic heterocycles. The first-order valence-electron chi connectivity index (χ1n) is 5.65. The Kier molecular flexibility index (Phi) is 9.00. The van der Waals surface area contributed by atoms with Crippen LogP contribution in [0.25, 0.3) is 0 Å². The second-order valence-corrected chi connectivity index (χ2v) is 4.04. The normalized spacial score (nSPS) is 12.0. The van der Waals surface area contributed by atoms with E-state index in [-0.39, 0.29) is 19.8 Å². The molecule has 0 aliphatic carbocycles. The molecule has 0 saturated carbocycles. The Labute approximate surface area is 91.9 Å². The van der Waals surface area contributed by atoms with Gasteiger partial charge in [-0.05, 0) is 12.8 Å². The average Bonchev–Trinajstić information content (AvgIpc) is 2.29. The molecule has 0 fully saturated rings. The van der Waals surface area contributed by atoms with Crippen LogP contribution in [0.15, 0.2) is 0 Å². The number of ether oxygens (including phenoxy) is 1. The molecule has 0 unspecified atom stereocenters. The van der Waals surface area contributed by atoms with Gasteiger partial charge in [-0.3, -0.25) is 0 Å². The maximum atomic E-state index is 9.04. The summed E-state index contributed by atoms with van der Waals surface area (Å²) in [6.45, 7) is 2.70. The highest BCUT2D eigenvalue weighted by Gasteiger charge is 2.27. The largest absolute Gasteiger partial charge is 0.396 e. The highest BCUT2D eigenvalue weighted by Crippen LogP contribution is 2.19. The van der Waals surface area contributed by atoms with Crippen LogP contribution < -0.4 is 0 Å². The third-order valence-electron chi connectivity index (χ3n) is 2.68. The fourth-order valence-corrected chi connectivity index (χ4v) is 1.23. The Morgan fingerprint density at radius 3 is 2.00 bits per heavy atom. The fourth-order valence-electron chi connectivity index (χ4n) is 1.23. The number of hydrogen-bond donors (Lipinski definition) is 3. The standard InChI is InChI=1S/C11H24O4/c1-2-3-4-6-15-7-5-11(8-12,9-13)10-14/h12-14H,2-10H2,1H3. The van der Waals surface area contributed by atoms with Crippen LogP contribution in [0.4, 0.5) is 0 Å². The van der Waals surface area contributed by atoms with Gasteiger partial charge in [0.25, 0.3) is 0 Å². The number of aliphatic hydroxyl groups is 3. The van der Waals surface area contributed by atoms with Gasteiger partial charge in [0, 0.05) is 18.6 Å². The van der Waals surface area contributed by atoms with E-state index < -0.39 is 5.41 Å². The van der Waals surface area contributed by atoms with E-state index in [1.165, 1.54) is 0 Å². The smallest absolute Gasteiger partial charge is 0.0532 e. The summed E-state index contributed by atoms with van der Waals surface area (Å²) in [5, 5.41) is 27.1. The van der Waals surface area contributed by atoms with Crippen LogP contribution in [-0.4, -0.2) is 48.4 Å². The Morgan fingerprint density at radius 2 is 1.53 bits per heavy atom. The maximum Gasteiger partial charge on any atom is 0.0532 e. The molecule has 0 heterocycles. The molecule has 4 nitrogen and oxygen atoms in total. The Bertz CT molecular complexity index is 126. The van der Waals surface area contributed by atoms with Gasteiger partial charge in [0.05, 0.1) is 19.8 Å². The minimum Gasteiger partial charge on any atom is -0.396 e. The quantitative estimate of drug-likeness (QED) is 0.470. The van der Waals surface area contributed by atoms with Crippen LogP contribution in [0.3, 0.4) is 0 Å². The van der Waals surface area contributed by atoms with E-state index in [0.717, 1.165) is 19.3 Å². The molecule has 15 heavy (non-hydrogen) atoms. The summed E-state index contributed by atoms with van der Waals surface area (Å²) in [6, 6.07) is 0. The lowest BCUT2D eigenvalue weighted by molar-refractivity contribution is -0.0214. The molecule has 0 bridgehead atoms. The molecule has 0 aromatic rings. The van der Waals surface area contributed by atoms with Gasteiger partial charge in [-0.15, -0.1) is 0 Å². The van der Waals surface area contributed by atoms with Crippen LogP contribution in [0, 0.1) is 5.41 Å². The highest BCUT2D eigenvalue weighted by molar-refractivity contribution is 4.76. The zero-order valence-corrected chi connectivity index (χ0v) is 9.61. The Morgan fingerprint density at radius 1 is 0.933 bits per heavy atom. The van der Waals surface area contributed by atoms with Crippen molar-refractivity contribution in [2.45, 2.75) is 32.6 Å². The van der Waals surface area contributed by atoms with Crippen molar-refractivity contribution < 1.29 is 20.1 Å². The van der Waals surface area contributed by atoms with E-state index in [9.17, 15) is 0 Å². The summed E-state index contributed by atoms with van der Waals surface area (Å²) >= 11 is 0. The van der Waals surface area contributed by atoms with Gasteiger partial charge in [-0.2, -0.15) is 0 Å². The molecule has 4 heteroatoms. The number of unbranched alkanes of at least 4 members (excludes halogenated alkanes) is 2. The van der Waals surface area contributed by atoms with Crippen molar-refractivity contribution in [2.24, 2.45) is 5.41 Å². The zero-order chi connectivity index (χ0) is 11.6. The second-order valence-electron chi connectivity index (χ2n) is 4.04. The summed E-state index contributed by atoms with van der Waals surface area (Å²) in [4.78, 5) is 0. The van der Waals surface area contributed by atoms with Gasteiger partial charge >= 0.3 is 0 Å². The van der Waals surface area contributed by atoms with Crippen LogP contribution >= 0.6 is 0 Å². The molecule has 0 saturated heterocycles. The first-order valence-corrected chi connectivity index (χ1v) is 5.65. The number of rotatable bonds is 10. The Hall–Kier alpha value is -0.160. The van der Waals surface area contributed by atoms with Crippen LogP contribution in [0.5, 0.6) is 0 Å². The first-order chi connectivity index (χ1) is 7.24. The molecule has 0 aromatic carbocycles. The maximum absolute atomic E-state index is 9.04. The van der Waals surface area contributed by atoms with Crippen molar-refractivity contribution >= 4 is 0 Å². The summed E-state index contributed by atoms with van der Waals surface area (Å²) in [6.07, 6.45) is 3.85. The summed E-state index contributed by atoms with van der Waals surface area (Å²) < 4.78 is 5.36. The SMILES string of the molecule is CCCCCOCCC(CO)(CO)CO. The molecule has 0 aromatic heterocycles. The molecule has 3 N–H and O–H groups in total. The molecule has 0 aliphatic rings. The number of aliphatic hydroxyl groups excluding tert-OH is 3. The molecule has 0 amide bonds. The van der Waals surface area contributed by atoms with Gasteiger partial charge in [-0.1, -0.05) is 19.8 Å². The van der Waals surface area contributed by atoms with Crippen LogP contribution in [0.1, 0.15) is 32.6 Å². The van der Waals surface area contributed by atoms with Crippen molar-refractivity contribution in [2.75, 3.05) is 33.0 Å². The first kappa shape index (κ1) is 14.8. The van der Waals surface area contributed by atoms with E-state index in [2.05, 4.69) is 6.92 Å². The lowest BCUT2D eigenvalue weighted by atomic mass is 9.88. The fraction of sp³-hybridized carbons (Fsp3) is 1.00. The van der Waals surface area contributed by atoms with E-state index in [0.29, 0.717) is 19.6 Å². The summed E-state index contributed by atoms with van der Waals surface area (Å²) in [7, 11) is 0. The summed E-state index contributed by atoms with van der Waals surface area (Å²) in [5.74, 6) is 0. The topological polar surface area (TPSA) is 69.9 Å². The summed E-state index contributed by atoms with van der Waals surface area (Å²) in [5.41, 5.74) is -0.787. The average molecular weight is 220 g/mol. The van der Waals surface area contributed by atoms with Crippen molar-refractivity contribution in [1.82, 2.24) is 0 Å². The highest BCUT2D eigenvalue weighted by atomic mass is 16.5. The zero-order valence-electron chi connectivity index (χ0n) is 9.61. The van der Waals surface area contributed by atoms with Crippen molar-refractivity contribution in [1.29, 1.82) is 0 Å². The predicted octanol–water partition coefficient (Wildman–Crippen LogP) is 0.547. The van der Waals surface area contributed by atoms with E-state index >= 15 is 0 Å². The molecular formula is C11H24O4. The van der Waals surface area contributed by atoms with Crippen LogP contribution in [0.2, 0.25) is 0 Å². The molecule has 0 rings (SSSR count). The monoisotopic (exact) mass is 220 g/mol. The van der Waals surface area contributed by atoms with E-state index in [1.54, 1.807) is 0 Å². The van der Waals surface area contributed by atoms with Gasteiger partial charge in [0.1, 0.15) is 0 Å². The van der Waals surface area contributed by atoms with Crippen molar-refractivity contribution in [3.63, 3.8) is 0 Å². The molecule has 92 valence electrons. The molecule has 0 radical (unpaired) electrons. The third-order valence-corrected chi connectivity index (χ3v) is 2.68. The predicted molar refractivity (Wildman–Crippen MR) is 58.7 cm³/mol. The minimum atomic E-state index is -0.787. The molecule has 0 spiro atoms. The van der Waals surface area contributed by atoms with Gasteiger partial charge in [-0.25, -0.2) is 0 Å². The Balaban J connectivity index is 3.54. The molecule has 0 atom stereocenters. The van der Waals surface area contributed by atoms with Crippen molar-refractivity contribution in [3.05, 3.63) is 0 Å². The minimum absolute atomic E-state index is 0.210. The van der Waals surface area contributed by atoms with Crippen molar-refractivity contribution in [3.8, 4) is 0 Å².